The van der Waals surface area contributed by atoms with Crippen LogP contribution < -0.4 is 5.32 Å². The van der Waals surface area contributed by atoms with E-state index in [9.17, 15) is 4.79 Å². The van der Waals surface area contributed by atoms with Crippen LogP contribution in [-0.4, -0.2) is 26.4 Å². The molecule has 0 unspecified atom stereocenters. The Labute approximate surface area is 165 Å². The fraction of sp³-hybridized carbons (Fsp3) is 0.167. The molecule has 134 valence electrons. The molecule has 0 aliphatic carbocycles. The van der Waals surface area contributed by atoms with Crippen molar-refractivity contribution in [3.05, 3.63) is 64.1 Å². The number of amides is 1. The summed E-state index contributed by atoms with van der Waals surface area (Å²) in [5.41, 5.74) is 1.92. The maximum atomic E-state index is 12.1. The minimum absolute atomic E-state index is 0.0685. The van der Waals surface area contributed by atoms with Gasteiger partial charge in [-0.25, -0.2) is 0 Å². The fourth-order valence-corrected chi connectivity index (χ4v) is 3.27. The Bertz CT molecular complexity index is 895. The lowest BCUT2D eigenvalue weighted by molar-refractivity contribution is -0.118. The number of thioether (sulfide) groups is 1. The molecule has 0 spiro atoms. The highest BCUT2D eigenvalue weighted by atomic mass is 35.5. The average Bonchev–Trinajstić information content (AvgIpc) is 3.01. The largest absolute Gasteiger partial charge is 0.351 e. The molecule has 3 rings (SSSR count). The number of carbonyl (C=O) groups is 1. The lowest BCUT2D eigenvalue weighted by Crippen LogP contribution is -2.24. The van der Waals surface area contributed by atoms with Crippen LogP contribution in [-0.2, 0) is 18.4 Å². The number of benzene rings is 2. The molecule has 0 saturated carbocycles. The molecule has 0 bridgehead atoms. The van der Waals surface area contributed by atoms with Crippen LogP contribution in [0.1, 0.15) is 5.56 Å². The number of carbonyl (C=O) groups excluding carboxylic acids is 1. The summed E-state index contributed by atoms with van der Waals surface area (Å²) in [6, 6.07) is 14.8. The smallest absolute Gasteiger partial charge is 0.230 e. The second-order valence-corrected chi connectivity index (χ2v) is 7.38. The van der Waals surface area contributed by atoms with Crippen molar-refractivity contribution in [1.29, 1.82) is 0 Å². The molecule has 0 saturated heterocycles. The fourth-order valence-electron chi connectivity index (χ4n) is 2.27. The predicted octanol–water partition coefficient (Wildman–Crippen LogP) is 4.20. The number of nitrogens with one attached hydrogen (secondary N) is 1. The molecule has 5 nitrogen and oxygen atoms in total. The third-order valence-electron chi connectivity index (χ3n) is 3.67. The summed E-state index contributed by atoms with van der Waals surface area (Å²) in [6.45, 7) is 0.464. The quantitative estimate of drug-likeness (QED) is 0.623. The van der Waals surface area contributed by atoms with Crippen molar-refractivity contribution in [1.82, 2.24) is 20.1 Å². The molecule has 26 heavy (non-hydrogen) atoms. The third kappa shape index (κ3) is 4.78. The maximum absolute atomic E-state index is 12.1. The van der Waals surface area contributed by atoms with E-state index in [1.54, 1.807) is 12.1 Å². The van der Waals surface area contributed by atoms with E-state index >= 15 is 0 Å². The van der Waals surface area contributed by atoms with Crippen LogP contribution in [0.15, 0.2) is 53.7 Å². The summed E-state index contributed by atoms with van der Waals surface area (Å²) in [5.74, 6) is 0.923. The summed E-state index contributed by atoms with van der Waals surface area (Å²) in [7, 11) is 1.87. The molecule has 1 heterocycles. The minimum atomic E-state index is -0.0685. The number of hydrogen-bond acceptors (Lipinski definition) is 4. The second kappa shape index (κ2) is 8.58. The zero-order valence-electron chi connectivity index (χ0n) is 13.9. The summed E-state index contributed by atoms with van der Waals surface area (Å²) >= 11 is 13.1. The molecular weight excluding hydrogens is 391 g/mol. The summed E-state index contributed by atoms with van der Waals surface area (Å²) in [6.07, 6.45) is 0. The Hall–Kier alpha value is -2.02. The first-order valence-corrected chi connectivity index (χ1v) is 9.56. The van der Waals surface area contributed by atoms with Crippen molar-refractivity contribution in [2.45, 2.75) is 11.7 Å². The van der Waals surface area contributed by atoms with Crippen molar-refractivity contribution < 1.29 is 4.79 Å². The van der Waals surface area contributed by atoms with E-state index in [4.69, 9.17) is 23.2 Å². The third-order valence-corrected chi connectivity index (χ3v) is 5.20. The molecule has 1 amide bonds. The molecule has 1 aromatic heterocycles. The van der Waals surface area contributed by atoms with Gasteiger partial charge in [0.05, 0.1) is 5.75 Å². The molecule has 0 radical (unpaired) electrons. The first-order valence-electron chi connectivity index (χ1n) is 7.82. The zero-order chi connectivity index (χ0) is 18.5. The zero-order valence-corrected chi connectivity index (χ0v) is 16.3. The lowest BCUT2D eigenvalue weighted by Gasteiger charge is -2.06. The minimum Gasteiger partial charge on any atom is -0.351 e. The molecule has 0 fully saturated rings. The molecule has 8 heteroatoms. The van der Waals surface area contributed by atoms with Crippen LogP contribution in [0.25, 0.3) is 11.4 Å². The standard InChI is InChI=1S/C18H16Cl2N4OS/c1-24-17(13-4-8-15(20)9-5-13)22-23-18(24)26-11-16(25)21-10-12-2-6-14(19)7-3-12/h2-9H,10-11H2,1H3,(H,21,25). The van der Waals surface area contributed by atoms with Gasteiger partial charge >= 0.3 is 0 Å². The van der Waals surface area contributed by atoms with Crippen molar-refractivity contribution in [3.63, 3.8) is 0 Å². The van der Waals surface area contributed by atoms with Gasteiger partial charge < -0.3 is 9.88 Å². The normalized spacial score (nSPS) is 10.7. The monoisotopic (exact) mass is 406 g/mol. The van der Waals surface area contributed by atoms with E-state index < -0.39 is 0 Å². The van der Waals surface area contributed by atoms with Gasteiger partial charge in [0.25, 0.3) is 0 Å². The summed E-state index contributed by atoms with van der Waals surface area (Å²) in [4.78, 5) is 12.1. The second-order valence-electron chi connectivity index (χ2n) is 5.56. The molecule has 0 aliphatic heterocycles. The van der Waals surface area contributed by atoms with Crippen LogP contribution in [0.3, 0.4) is 0 Å². The predicted molar refractivity (Wildman–Crippen MR) is 105 cm³/mol. The Morgan fingerprint density at radius 2 is 1.65 bits per heavy atom. The van der Waals surface area contributed by atoms with Crippen LogP contribution in [0, 0.1) is 0 Å². The van der Waals surface area contributed by atoms with Gasteiger partial charge in [0.2, 0.25) is 5.91 Å². The van der Waals surface area contributed by atoms with Crippen molar-refractivity contribution in [3.8, 4) is 11.4 Å². The van der Waals surface area contributed by atoms with Gasteiger partial charge in [0.1, 0.15) is 0 Å². The maximum Gasteiger partial charge on any atom is 0.230 e. The van der Waals surface area contributed by atoms with Crippen molar-refractivity contribution in [2.24, 2.45) is 7.05 Å². The molecule has 0 aliphatic rings. The van der Waals surface area contributed by atoms with E-state index in [1.165, 1.54) is 11.8 Å². The van der Waals surface area contributed by atoms with E-state index in [-0.39, 0.29) is 11.7 Å². The Kier molecular flexibility index (Phi) is 6.19. The molecule has 0 atom stereocenters. The van der Waals surface area contributed by atoms with Gasteiger partial charge in [-0.1, -0.05) is 47.1 Å². The Morgan fingerprint density at radius 3 is 2.31 bits per heavy atom. The molecule has 3 aromatic rings. The first-order chi connectivity index (χ1) is 12.5. The van der Waals surface area contributed by atoms with Gasteiger partial charge in [0.15, 0.2) is 11.0 Å². The highest BCUT2D eigenvalue weighted by molar-refractivity contribution is 7.99. The van der Waals surface area contributed by atoms with E-state index in [0.717, 1.165) is 17.0 Å². The lowest BCUT2D eigenvalue weighted by atomic mass is 10.2. The van der Waals surface area contributed by atoms with E-state index in [0.29, 0.717) is 21.7 Å². The number of halogens is 2. The Morgan fingerprint density at radius 1 is 1.04 bits per heavy atom. The van der Waals surface area contributed by atoms with Crippen LogP contribution in [0.5, 0.6) is 0 Å². The van der Waals surface area contributed by atoms with Gasteiger partial charge in [0, 0.05) is 29.2 Å². The number of aromatic nitrogens is 3. The number of rotatable bonds is 6. The molecule has 1 N–H and O–H groups in total. The highest BCUT2D eigenvalue weighted by Crippen LogP contribution is 2.23. The van der Waals surface area contributed by atoms with Crippen LogP contribution in [0.2, 0.25) is 10.0 Å². The van der Waals surface area contributed by atoms with E-state index in [1.807, 2.05) is 48.0 Å². The highest BCUT2D eigenvalue weighted by Gasteiger charge is 2.13. The number of nitrogens with zero attached hydrogens (tertiary/aromatic N) is 3. The van der Waals surface area contributed by atoms with Crippen LogP contribution in [0.4, 0.5) is 0 Å². The van der Waals surface area contributed by atoms with E-state index in [2.05, 4.69) is 15.5 Å². The van der Waals surface area contributed by atoms with Crippen molar-refractivity contribution >= 4 is 40.9 Å². The molecular formula is C18H16Cl2N4OS. The number of hydrogen-bond donors (Lipinski definition) is 1. The van der Waals surface area contributed by atoms with Gasteiger partial charge in [-0.15, -0.1) is 10.2 Å². The van der Waals surface area contributed by atoms with Gasteiger partial charge in [-0.05, 0) is 42.0 Å². The average molecular weight is 407 g/mol. The van der Waals surface area contributed by atoms with Gasteiger partial charge in [-0.3, -0.25) is 4.79 Å². The van der Waals surface area contributed by atoms with Gasteiger partial charge in [-0.2, -0.15) is 0 Å². The SMILES string of the molecule is Cn1c(SCC(=O)NCc2ccc(Cl)cc2)nnc1-c1ccc(Cl)cc1. The Balaban J connectivity index is 1.55. The first kappa shape index (κ1) is 18.8. The topological polar surface area (TPSA) is 59.8 Å². The van der Waals surface area contributed by atoms with Crippen molar-refractivity contribution in [2.75, 3.05) is 5.75 Å². The summed E-state index contributed by atoms with van der Waals surface area (Å²) < 4.78 is 1.86. The molecule has 2 aromatic carbocycles. The summed E-state index contributed by atoms with van der Waals surface area (Å²) in [5, 5.41) is 13.3. The van der Waals surface area contributed by atoms with Crippen LogP contribution >= 0.6 is 35.0 Å².